The van der Waals surface area contributed by atoms with Crippen LogP contribution >= 0.6 is 33.9 Å². The van der Waals surface area contributed by atoms with Crippen LogP contribution in [0.3, 0.4) is 0 Å². The van der Waals surface area contributed by atoms with E-state index < -0.39 is 46.3 Å². The molecule has 27 heavy (non-hydrogen) atoms. The number of carbonyl (C=O) groups excluding carboxylic acids is 3. The lowest BCUT2D eigenvalue weighted by molar-refractivity contribution is -0.163. The maximum Gasteiger partial charge on any atom is 0.333 e. The summed E-state index contributed by atoms with van der Waals surface area (Å²) in [7, 11) is 0. The standard InChI is InChI=1S/C16H19IN2O6S2/c1-9(2)13(16(22)25-6-5-17)19-14(21)12(15(19)27(23)24)18-11(20)8-10-4-3-7-26-10/h3-4,7,12-13,15H,1,5-6,8H2,2H3,(H,18,20)(H,23,24). The maximum atomic E-state index is 12.6. The van der Waals surface area contributed by atoms with Crippen LogP contribution in [0, 0.1) is 0 Å². The quantitative estimate of drug-likeness (QED) is 0.124. The normalized spacial score (nSPS) is 21.1. The lowest BCUT2D eigenvalue weighted by Gasteiger charge is -2.48. The summed E-state index contributed by atoms with van der Waals surface area (Å²) in [6.45, 7) is 5.37. The van der Waals surface area contributed by atoms with E-state index in [0.29, 0.717) is 10.0 Å². The molecule has 0 spiro atoms. The summed E-state index contributed by atoms with van der Waals surface area (Å²) in [6.07, 6.45) is 0.0633. The fourth-order valence-electron chi connectivity index (χ4n) is 2.67. The number of hydrogen-bond acceptors (Lipinski definition) is 6. The van der Waals surface area contributed by atoms with E-state index in [1.54, 1.807) is 12.1 Å². The number of halogens is 1. The van der Waals surface area contributed by atoms with Gasteiger partial charge in [-0.2, -0.15) is 0 Å². The van der Waals surface area contributed by atoms with E-state index in [-0.39, 0.29) is 13.0 Å². The van der Waals surface area contributed by atoms with Gasteiger partial charge in [0.15, 0.2) is 22.5 Å². The van der Waals surface area contributed by atoms with Crippen molar-refractivity contribution in [1.29, 1.82) is 0 Å². The molecule has 4 unspecified atom stereocenters. The highest BCUT2D eigenvalue weighted by molar-refractivity contribution is 14.1. The minimum absolute atomic E-state index is 0.0633. The first-order valence-electron chi connectivity index (χ1n) is 7.89. The first-order valence-corrected chi connectivity index (χ1v) is 11.5. The number of amides is 2. The molecule has 2 heterocycles. The van der Waals surface area contributed by atoms with Gasteiger partial charge in [0.05, 0.1) is 6.42 Å². The minimum atomic E-state index is -2.48. The molecule has 1 fully saturated rings. The molecule has 1 aromatic rings. The molecule has 0 aromatic carbocycles. The summed E-state index contributed by atoms with van der Waals surface area (Å²) in [5.74, 6) is -1.78. The summed E-state index contributed by atoms with van der Waals surface area (Å²) >= 11 is 0.948. The number of esters is 1. The van der Waals surface area contributed by atoms with Gasteiger partial charge in [-0.1, -0.05) is 35.2 Å². The van der Waals surface area contributed by atoms with Crippen LogP contribution in [0.5, 0.6) is 0 Å². The topological polar surface area (TPSA) is 113 Å². The molecule has 0 bridgehead atoms. The average Bonchev–Trinajstić information content (AvgIpc) is 3.10. The van der Waals surface area contributed by atoms with Crippen molar-refractivity contribution < 1.29 is 27.9 Å². The molecule has 0 aliphatic carbocycles. The van der Waals surface area contributed by atoms with Gasteiger partial charge in [-0.05, 0) is 23.9 Å². The van der Waals surface area contributed by atoms with E-state index in [1.165, 1.54) is 18.3 Å². The third kappa shape index (κ3) is 5.15. The molecule has 1 saturated heterocycles. The van der Waals surface area contributed by atoms with Crippen molar-refractivity contribution in [1.82, 2.24) is 10.2 Å². The van der Waals surface area contributed by atoms with Crippen molar-refractivity contribution in [2.45, 2.75) is 30.8 Å². The smallest absolute Gasteiger partial charge is 0.333 e. The molecule has 1 aromatic heterocycles. The number of nitrogens with zero attached hydrogens (tertiary/aromatic N) is 1. The van der Waals surface area contributed by atoms with Crippen molar-refractivity contribution in [2.75, 3.05) is 11.0 Å². The van der Waals surface area contributed by atoms with E-state index in [4.69, 9.17) is 4.74 Å². The summed E-state index contributed by atoms with van der Waals surface area (Å²) < 4.78 is 27.1. The zero-order chi connectivity index (χ0) is 20.1. The Morgan fingerprint density at radius 1 is 1.56 bits per heavy atom. The van der Waals surface area contributed by atoms with Crippen LogP contribution in [-0.2, 0) is 36.6 Å². The lowest BCUT2D eigenvalue weighted by Crippen LogP contribution is -2.75. The lowest BCUT2D eigenvalue weighted by atomic mass is 9.99. The van der Waals surface area contributed by atoms with Crippen LogP contribution in [0.25, 0.3) is 0 Å². The van der Waals surface area contributed by atoms with Gasteiger partial charge in [-0.15, -0.1) is 11.3 Å². The third-order valence-electron chi connectivity index (χ3n) is 3.81. The van der Waals surface area contributed by atoms with Gasteiger partial charge in [0.2, 0.25) is 5.91 Å². The SMILES string of the molecule is C=C(C)C(C(=O)OCCI)N1C(=O)C(NC(=O)Cc2cccs2)C1S(=O)O. The van der Waals surface area contributed by atoms with Crippen LogP contribution in [-0.4, -0.2) is 59.9 Å². The Kier molecular flexibility index (Phi) is 7.94. The highest BCUT2D eigenvalue weighted by Gasteiger charge is 2.56. The Balaban J connectivity index is 2.13. The predicted octanol–water partition coefficient (Wildman–Crippen LogP) is 1.09. The van der Waals surface area contributed by atoms with Gasteiger partial charge in [0.25, 0.3) is 5.91 Å². The van der Waals surface area contributed by atoms with Crippen molar-refractivity contribution in [3.05, 3.63) is 34.5 Å². The van der Waals surface area contributed by atoms with Gasteiger partial charge in [-0.25, -0.2) is 9.00 Å². The molecule has 1 aliphatic heterocycles. The van der Waals surface area contributed by atoms with E-state index in [0.717, 1.165) is 9.78 Å². The number of thiophene rings is 1. The van der Waals surface area contributed by atoms with Crippen molar-refractivity contribution >= 4 is 62.8 Å². The molecule has 4 atom stereocenters. The number of carbonyl (C=O) groups is 3. The zero-order valence-electron chi connectivity index (χ0n) is 14.4. The number of likely N-dealkylation sites (tertiary alicyclic amines) is 1. The molecule has 0 radical (unpaired) electrons. The molecular formula is C16H19IN2O6S2. The van der Waals surface area contributed by atoms with E-state index in [2.05, 4.69) is 11.9 Å². The van der Waals surface area contributed by atoms with Gasteiger partial charge in [0, 0.05) is 9.30 Å². The largest absolute Gasteiger partial charge is 0.463 e. The fraction of sp³-hybridized carbons (Fsp3) is 0.438. The molecule has 0 saturated carbocycles. The number of hydrogen-bond donors (Lipinski definition) is 2. The fourth-order valence-corrected chi connectivity index (χ4v) is 4.43. The highest BCUT2D eigenvalue weighted by Crippen LogP contribution is 2.29. The number of alkyl halides is 1. The summed E-state index contributed by atoms with van der Waals surface area (Å²) in [4.78, 5) is 38.8. The van der Waals surface area contributed by atoms with E-state index >= 15 is 0 Å². The van der Waals surface area contributed by atoms with Crippen LogP contribution in [0.2, 0.25) is 0 Å². The zero-order valence-corrected chi connectivity index (χ0v) is 18.2. The highest BCUT2D eigenvalue weighted by atomic mass is 127. The number of rotatable bonds is 9. The summed E-state index contributed by atoms with van der Waals surface area (Å²) in [5.41, 5.74) is 0.306. The first kappa shape index (κ1) is 22.0. The second-order valence-electron chi connectivity index (χ2n) is 5.82. The van der Waals surface area contributed by atoms with Crippen molar-refractivity contribution in [3.8, 4) is 0 Å². The number of β-lactam (4-membered cyclic amide) rings is 1. The maximum absolute atomic E-state index is 12.6. The van der Waals surface area contributed by atoms with Crippen LogP contribution < -0.4 is 5.32 Å². The molecular weight excluding hydrogens is 507 g/mol. The van der Waals surface area contributed by atoms with Crippen LogP contribution in [0.4, 0.5) is 0 Å². The molecule has 2 N–H and O–H groups in total. The third-order valence-corrected chi connectivity index (χ3v) is 6.04. The second kappa shape index (κ2) is 9.75. The van der Waals surface area contributed by atoms with Crippen LogP contribution in [0.15, 0.2) is 29.7 Å². The minimum Gasteiger partial charge on any atom is -0.463 e. The Morgan fingerprint density at radius 2 is 2.26 bits per heavy atom. The summed E-state index contributed by atoms with van der Waals surface area (Å²) in [5, 5.41) is 3.05. The van der Waals surface area contributed by atoms with Crippen LogP contribution in [0.1, 0.15) is 11.8 Å². The Bertz CT molecular complexity index is 754. The van der Waals surface area contributed by atoms with E-state index in [9.17, 15) is 23.1 Å². The molecule has 2 rings (SSSR count). The monoisotopic (exact) mass is 526 g/mol. The molecule has 11 heteroatoms. The summed E-state index contributed by atoms with van der Waals surface area (Å²) in [6, 6.07) is 1.23. The number of nitrogens with one attached hydrogen (secondary N) is 1. The number of ether oxygens (including phenoxy) is 1. The van der Waals surface area contributed by atoms with Gasteiger partial charge in [0.1, 0.15) is 12.6 Å². The Hall–Kier alpha value is -1.31. The molecule has 1 aliphatic rings. The molecule has 8 nitrogen and oxygen atoms in total. The van der Waals surface area contributed by atoms with E-state index in [1.807, 2.05) is 28.0 Å². The Labute approximate surface area is 176 Å². The molecule has 2 amide bonds. The van der Waals surface area contributed by atoms with Crippen molar-refractivity contribution in [2.24, 2.45) is 0 Å². The van der Waals surface area contributed by atoms with Gasteiger partial charge in [-0.3, -0.25) is 9.59 Å². The first-order chi connectivity index (χ1) is 12.8. The Morgan fingerprint density at radius 3 is 2.78 bits per heavy atom. The van der Waals surface area contributed by atoms with Gasteiger partial charge >= 0.3 is 5.97 Å². The predicted molar refractivity (Wildman–Crippen MR) is 110 cm³/mol. The van der Waals surface area contributed by atoms with Crippen molar-refractivity contribution in [3.63, 3.8) is 0 Å². The average molecular weight is 526 g/mol. The second-order valence-corrected chi connectivity index (χ2v) is 8.97. The molecule has 148 valence electrons. The van der Waals surface area contributed by atoms with Gasteiger partial charge < -0.3 is 19.5 Å².